The molecular formula is C13H16N2O4. The number of carbonyl (C=O) groups is 2. The number of piperazine rings is 1. The highest BCUT2D eigenvalue weighted by atomic mass is 16.5. The van der Waals surface area contributed by atoms with Gasteiger partial charge in [0.1, 0.15) is 6.04 Å². The smallest absolute Gasteiger partial charge is 0.337 e. The Kier molecular flexibility index (Phi) is 4.01. The van der Waals surface area contributed by atoms with Gasteiger partial charge in [-0.3, -0.25) is 4.79 Å². The highest BCUT2D eigenvalue weighted by Gasteiger charge is 2.29. The number of hydrogen-bond donors (Lipinski definition) is 2. The van der Waals surface area contributed by atoms with E-state index in [0.29, 0.717) is 18.7 Å². The Hall–Kier alpha value is -2.08. The third-order valence-electron chi connectivity index (χ3n) is 3.12. The maximum atomic E-state index is 11.6. The minimum absolute atomic E-state index is 0.189. The molecule has 1 aromatic rings. The van der Waals surface area contributed by atoms with E-state index in [9.17, 15) is 14.7 Å². The van der Waals surface area contributed by atoms with Gasteiger partial charge in [0.15, 0.2) is 0 Å². The molecule has 1 amide bonds. The van der Waals surface area contributed by atoms with Gasteiger partial charge in [-0.25, -0.2) is 4.79 Å². The zero-order chi connectivity index (χ0) is 13.8. The van der Waals surface area contributed by atoms with E-state index >= 15 is 0 Å². The van der Waals surface area contributed by atoms with Gasteiger partial charge in [0, 0.05) is 18.8 Å². The van der Waals surface area contributed by atoms with Crippen LogP contribution in [0.3, 0.4) is 0 Å². The van der Waals surface area contributed by atoms with Gasteiger partial charge in [-0.15, -0.1) is 0 Å². The van der Waals surface area contributed by atoms with Crippen molar-refractivity contribution in [3.63, 3.8) is 0 Å². The average Bonchev–Trinajstić information content (AvgIpc) is 2.46. The molecule has 0 spiro atoms. The fourth-order valence-corrected chi connectivity index (χ4v) is 2.11. The monoisotopic (exact) mass is 264 g/mol. The standard InChI is InChI=1S/C13H16N2O4/c1-19-13(18)9-2-4-10(5-3-9)15-7-6-14-12(17)11(15)8-16/h2-5,11,16H,6-8H2,1H3,(H,14,17). The van der Waals surface area contributed by atoms with E-state index in [2.05, 4.69) is 10.1 Å². The lowest BCUT2D eigenvalue weighted by atomic mass is 10.1. The predicted octanol–water partition coefficient (Wildman–Crippen LogP) is -0.230. The first-order valence-corrected chi connectivity index (χ1v) is 6.01. The lowest BCUT2D eigenvalue weighted by molar-refractivity contribution is -0.124. The molecule has 0 aromatic heterocycles. The highest BCUT2D eigenvalue weighted by molar-refractivity contribution is 5.90. The van der Waals surface area contributed by atoms with Crippen LogP contribution in [0.25, 0.3) is 0 Å². The Morgan fingerprint density at radius 1 is 1.47 bits per heavy atom. The summed E-state index contributed by atoms with van der Waals surface area (Å²) >= 11 is 0. The number of benzene rings is 1. The van der Waals surface area contributed by atoms with Gasteiger partial charge < -0.3 is 20.1 Å². The second-order valence-corrected chi connectivity index (χ2v) is 4.22. The van der Waals surface area contributed by atoms with Crippen molar-refractivity contribution in [1.29, 1.82) is 0 Å². The lowest BCUT2D eigenvalue weighted by Gasteiger charge is -2.35. The first-order chi connectivity index (χ1) is 9.17. The van der Waals surface area contributed by atoms with E-state index < -0.39 is 12.0 Å². The number of hydrogen-bond acceptors (Lipinski definition) is 5. The van der Waals surface area contributed by atoms with Crippen LogP contribution in [0.4, 0.5) is 5.69 Å². The molecule has 1 heterocycles. The van der Waals surface area contributed by atoms with Gasteiger partial charge in [0.25, 0.3) is 0 Å². The normalized spacial score (nSPS) is 18.9. The van der Waals surface area contributed by atoms with Crippen LogP contribution in [0.15, 0.2) is 24.3 Å². The molecule has 102 valence electrons. The minimum Gasteiger partial charge on any atom is -0.465 e. The number of aliphatic hydroxyl groups excluding tert-OH is 1. The molecule has 2 N–H and O–H groups in total. The molecule has 0 saturated carbocycles. The van der Waals surface area contributed by atoms with Gasteiger partial charge in [-0.2, -0.15) is 0 Å². The van der Waals surface area contributed by atoms with Crippen LogP contribution in [0.5, 0.6) is 0 Å². The molecule has 6 heteroatoms. The van der Waals surface area contributed by atoms with E-state index in [1.165, 1.54) is 7.11 Å². The number of amides is 1. The van der Waals surface area contributed by atoms with Crippen molar-refractivity contribution in [2.75, 3.05) is 31.7 Å². The molecule has 0 radical (unpaired) electrons. The van der Waals surface area contributed by atoms with Crippen molar-refractivity contribution < 1.29 is 19.4 Å². The first-order valence-electron chi connectivity index (χ1n) is 6.01. The van der Waals surface area contributed by atoms with Gasteiger partial charge in [0.2, 0.25) is 5.91 Å². The van der Waals surface area contributed by atoms with Crippen molar-refractivity contribution >= 4 is 17.6 Å². The number of rotatable bonds is 3. The fraction of sp³-hybridized carbons (Fsp3) is 0.385. The Bertz CT molecular complexity index is 472. The molecule has 1 aliphatic rings. The average molecular weight is 264 g/mol. The number of esters is 1. The molecule has 0 bridgehead atoms. The third kappa shape index (κ3) is 2.68. The largest absolute Gasteiger partial charge is 0.465 e. The summed E-state index contributed by atoms with van der Waals surface area (Å²) in [5, 5.41) is 12.0. The number of nitrogens with one attached hydrogen (secondary N) is 1. The quantitative estimate of drug-likeness (QED) is 0.737. The molecule has 1 aromatic carbocycles. The molecular weight excluding hydrogens is 248 g/mol. The Morgan fingerprint density at radius 3 is 2.74 bits per heavy atom. The molecule has 2 rings (SSSR count). The van der Waals surface area contributed by atoms with Crippen molar-refractivity contribution in [3.8, 4) is 0 Å². The zero-order valence-corrected chi connectivity index (χ0v) is 10.6. The number of methoxy groups -OCH3 is 1. The summed E-state index contributed by atoms with van der Waals surface area (Å²) < 4.78 is 4.62. The number of anilines is 1. The molecule has 6 nitrogen and oxygen atoms in total. The maximum Gasteiger partial charge on any atom is 0.337 e. The molecule has 1 atom stereocenters. The van der Waals surface area contributed by atoms with E-state index in [4.69, 9.17) is 0 Å². The Morgan fingerprint density at radius 2 is 2.16 bits per heavy atom. The van der Waals surface area contributed by atoms with Gasteiger partial charge in [-0.1, -0.05) is 0 Å². The van der Waals surface area contributed by atoms with Crippen LogP contribution in [0.2, 0.25) is 0 Å². The maximum absolute atomic E-state index is 11.6. The summed E-state index contributed by atoms with van der Waals surface area (Å²) in [5.41, 5.74) is 1.25. The van der Waals surface area contributed by atoms with E-state index in [0.717, 1.165) is 5.69 Å². The molecule has 1 unspecified atom stereocenters. The number of carbonyl (C=O) groups excluding carboxylic acids is 2. The van der Waals surface area contributed by atoms with Crippen molar-refractivity contribution in [3.05, 3.63) is 29.8 Å². The van der Waals surface area contributed by atoms with Crippen LogP contribution in [-0.2, 0) is 9.53 Å². The molecule has 1 fully saturated rings. The Labute approximate surface area is 111 Å². The summed E-state index contributed by atoms with van der Waals surface area (Å²) in [5.74, 6) is -0.590. The molecule has 1 aliphatic heterocycles. The van der Waals surface area contributed by atoms with Crippen molar-refractivity contribution in [2.45, 2.75) is 6.04 Å². The highest BCUT2D eigenvalue weighted by Crippen LogP contribution is 2.19. The summed E-state index contributed by atoms with van der Waals surface area (Å²) in [4.78, 5) is 24.8. The van der Waals surface area contributed by atoms with Crippen LogP contribution in [0, 0.1) is 0 Å². The summed E-state index contributed by atoms with van der Waals surface area (Å²) in [6.07, 6.45) is 0. The molecule has 0 aliphatic carbocycles. The lowest BCUT2D eigenvalue weighted by Crippen LogP contribution is -2.57. The summed E-state index contributed by atoms with van der Waals surface area (Å²) in [7, 11) is 1.33. The third-order valence-corrected chi connectivity index (χ3v) is 3.12. The van der Waals surface area contributed by atoms with Gasteiger partial charge in [0.05, 0.1) is 19.3 Å². The number of aliphatic hydroxyl groups is 1. The van der Waals surface area contributed by atoms with Crippen LogP contribution in [0.1, 0.15) is 10.4 Å². The van der Waals surface area contributed by atoms with E-state index in [1.54, 1.807) is 24.3 Å². The van der Waals surface area contributed by atoms with Crippen molar-refractivity contribution in [2.24, 2.45) is 0 Å². The zero-order valence-electron chi connectivity index (χ0n) is 10.6. The van der Waals surface area contributed by atoms with E-state index in [1.807, 2.05) is 4.90 Å². The number of ether oxygens (including phenoxy) is 1. The van der Waals surface area contributed by atoms with E-state index in [-0.39, 0.29) is 12.5 Å². The second kappa shape index (κ2) is 5.71. The summed E-state index contributed by atoms with van der Waals surface area (Å²) in [6, 6.07) is 6.18. The molecule has 19 heavy (non-hydrogen) atoms. The van der Waals surface area contributed by atoms with Crippen LogP contribution in [-0.4, -0.2) is 49.8 Å². The number of nitrogens with zero attached hydrogens (tertiary/aromatic N) is 1. The van der Waals surface area contributed by atoms with Crippen molar-refractivity contribution in [1.82, 2.24) is 5.32 Å². The predicted molar refractivity (Wildman–Crippen MR) is 69.0 cm³/mol. The SMILES string of the molecule is COC(=O)c1ccc(N2CCNC(=O)C2CO)cc1. The first kappa shape index (κ1) is 13.4. The minimum atomic E-state index is -0.585. The Balaban J connectivity index is 2.21. The van der Waals surface area contributed by atoms with Crippen LogP contribution >= 0.6 is 0 Å². The van der Waals surface area contributed by atoms with Gasteiger partial charge >= 0.3 is 5.97 Å². The second-order valence-electron chi connectivity index (χ2n) is 4.22. The van der Waals surface area contributed by atoms with Gasteiger partial charge in [-0.05, 0) is 24.3 Å². The molecule has 1 saturated heterocycles. The topological polar surface area (TPSA) is 78.9 Å². The fourth-order valence-electron chi connectivity index (χ4n) is 2.11. The summed E-state index contributed by atoms with van der Waals surface area (Å²) in [6.45, 7) is 0.910. The van der Waals surface area contributed by atoms with Crippen LogP contribution < -0.4 is 10.2 Å².